The van der Waals surface area contributed by atoms with Gasteiger partial charge in [0.15, 0.2) is 11.5 Å². The van der Waals surface area contributed by atoms with Gasteiger partial charge in [-0.1, -0.05) is 45.7 Å². The van der Waals surface area contributed by atoms with Gasteiger partial charge in [0, 0.05) is 28.2 Å². The zero-order chi connectivity index (χ0) is 19.5. The maximum absolute atomic E-state index is 8.82. The standard InChI is InChI=1S/C21H27BrClNO3/c1-2-26-20-12-17(14-24-10-6-3-7-11-25)18(22)13-21(20)27-15-16-8-4-5-9-19(16)23/h4-5,8-9,12-13,24-25H,2-3,6-7,10-11,14-15H2,1H3. The van der Waals surface area contributed by atoms with Gasteiger partial charge in [-0.3, -0.25) is 0 Å². The molecule has 0 spiro atoms. The van der Waals surface area contributed by atoms with Crippen LogP contribution < -0.4 is 14.8 Å². The fraction of sp³-hybridized carbons (Fsp3) is 0.429. The van der Waals surface area contributed by atoms with Gasteiger partial charge >= 0.3 is 0 Å². The van der Waals surface area contributed by atoms with E-state index in [4.69, 9.17) is 26.2 Å². The van der Waals surface area contributed by atoms with Gasteiger partial charge in [-0.2, -0.15) is 0 Å². The van der Waals surface area contributed by atoms with Crippen LogP contribution in [0.1, 0.15) is 37.3 Å². The molecule has 4 nitrogen and oxygen atoms in total. The summed E-state index contributed by atoms with van der Waals surface area (Å²) in [5.74, 6) is 1.42. The van der Waals surface area contributed by atoms with Crippen molar-refractivity contribution >= 4 is 27.5 Å². The van der Waals surface area contributed by atoms with Gasteiger partial charge in [0.05, 0.1) is 6.61 Å². The molecule has 6 heteroatoms. The Morgan fingerprint density at radius 2 is 1.81 bits per heavy atom. The molecule has 0 aliphatic rings. The van der Waals surface area contributed by atoms with Crippen LogP contribution >= 0.6 is 27.5 Å². The Hall–Kier alpha value is -1.27. The van der Waals surface area contributed by atoms with E-state index >= 15 is 0 Å². The summed E-state index contributed by atoms with van der Waals surface area (Å²) in [6.45, 7) is 4.83. The molecule has 0 aliphatic carbocycles. The molecule has 2 N–H and O–H groups in total. The van der Waals surface area contributed by atoms with Crippen LogP contribution in [0, 0.1) is 0 Å². The quantitative estimate of drug-likeness (QED) is 0.424. The second-order valence-corrected chi connectivity index (χ2v) is 7.43. The predicted octanol–water partition coefficient (Wildman–Crippen LogP) is 5.33. The first kappa shape index (κ1) is 22.0. The van der Waals surface area contributed by atoms with E-state index in [1.807, 2.05) is 43.3 Å². The molecule has 0 fully saturated rings. The van der Waals surface area contributed by atoms with E-state index in [0.29, 0.717) is 24.0 Å². The second-order valence-electron chi connectivity index (χ2n) is 6.16. The molecule has 0 unspecified atom stereocenters. The molecule has 0 aliphatic heterocycles. The molecule has 0 bridgehead atoms. The number of ether oxygens (including phenoxy) is 2. The topological polar surface area (TPSA) is 50.7 Å². The van der Waals surface area contributed by atoms with Gasteiger partial charge in [0.25, 0.3) is 0 Å². The predicted molar refractivity (Wildman–Crippen MR) is 114 cm³/mol. The normalized spacial score (nSPS) is 10.8. The smallest absolute Gasteiger partial charge is 0.162 e. The molecule has 0 amide bonds. The zero-order valence-corrected chi connectivity index (χ0v) is 18.0. The SMILES string of the molecule is CCOc1cc(CNCCCCCO)c(Br)cc1OCc1ccccc1Cl. The Balaban J connectivity index is 2.00. The Morgan fingerprint density at radius 1 is 1.04 bits per heavy atom. The van der Waals surface area contributed by atoms with Gasteiger partial charge in [-0.15, -0.1) is 0 Å². The van der Waals surface area contributed by atoms with E-state index in [0.717, 1.165) is 53.7 Å². The summed E-state index contributed by atoms with van der Waals surface area (Å²) >= 11 is 9.84. The summed E-state index contributed by atoms with van der Waals surface area (Å²) < 4.78 is 12.7. The molecule has 0 aromatic heterocycles. The summed E-state index contributed by atoms with van der Waals surface area (Å²) in [4.78, 5) is 0. The third-order valence-corrected chi connectivity index (χ3v) is 5.19. The van der Waals surface area contributed by atoms with Gasteiger partial charge in [0.2, 0.25) is 0 Å². The average Bonchev–Trinajstić information content (AvgIpc) is 2.66. The van der Waals surface area contributed by atoms with Crippen molar-refractivity contribution in [3.63, 3.8) is 0 Å². The number of aliphatic hydroxyl groups is 1. The Morgan fingerprint density at radius 3 is 2.56 bits per heavy atom. The van der Waals surface area contributed by atoms with E-state index in [9.17, 15) is 0 Å². The number of hydrogen-bond acceptors (Lipinski definition) is 4. The summed E-state index contributed by atoms with van der Waals surface area (Å²) in [7, 11) is 0. The van der Waals surface area contributed by atoms with Crippen molar-refractivity contribution in [2.45, 2.75) is 39.3 Å². The van der Waals surface area contributed by atoms with Crippen LogP contribution in [0.2, 0.25) is 5.02 Å². The lowest BCUT2D eigenvalue weighted by atomic mass is 10.2. The first-order valence-corrected chi connectivity index (χ1v) is 10.5. The van der Waals surface area contributed by atoms with E-state index in [1.165, 1.54) is 0 Å². The van der Waals surface area contributed by atoms with Crippen LogP contribution in [-0.2, 0) is 13.2 Å². The molecule has 0 radical (unpaired) electrons. The number of halogens is 2. The molecule has 0 heterocycles. The van der Waals surface area contributed by atoms with Gasteiger partial charge in [-0.25, -0.2) is 0 Å². The van der Waals surface area contributed by atoms with Crippen molar-refractivity contribution in [3.05, 3.63) is 57.0 Å². The third-order valence-electron chi connectivity index (χ3n) is 4.08. The van der Waals surface area contributed by atoms with Crippen LogP contribution in [0.15, 0.2) is 40.9 Å². The lowest BCUT2D eigenvalue weighted by Gasteiger charge is -2.16. The molecule has 2 rings (SSSR count). The van der Waals surface area contributed by atoms with Crippen molar-refractivity contribution in [2.24, 2.45) is 0 Å². The lowest BCUT2D eigenvalue weighted by Crippen LogP contribution is -2.15. The monoisotopic (exact) mass is 455 g/mol. The summed E-state index contributed by atoms with van der Waals surface area (Å²) in [5.41, 5.74) is 2.05. The summed E-state index contributed by atoms with van der Waals surface area (Å²) in [6, 6.07) is 11.6. The van der Waals surface area contributed by atoms with Crippen molar-refractivity contribution < 1.29 is 14.6 Å². The fourth-order valence-electron chi connectivity index (χ4n) is 2.63. The Bertz CT molecular complexity index is 712. The number of rotatable bonds is 12. The van der Waals surface area contributed by atoms with Crippen LogP contribution in [0.4, 0.5) is 0 Å². The van der Waals surface area contributed by atoms with Crippen LogP contribution in [0.5, 0.6) is 11.5 Å². The van der Waals surface area contributed by atoms with E-state index in [-0.39, 0.29) is 6.61 Å². The van der Waals surface area contributed by atoms with Gasteiger partial charge < -0.3 is 19.9 Å². The minimum atomic E-state index is 0.263. The van der Waals surface area contributed by atoms with Gasteiger partial charge in [-0.05, 0) is 56.5 Å². The Kier molecular flexibility index (Phi) is 9.98. The first-order chi connectivity index (χ1) is 13.2. The van der Waals surface area contributed by atoms with Crippen LogP contribution in [-0.4, -0.2) is 24.9 Å². The van der Waals surface area contributed by atoms with Crippen molar-refractivity contribution in [3.8, 4) is 11.5 Å². The van der Waals surface area contributed by atoms with Crippen LogP contribution in [0.25, 0.3) is 0 Å². The maximum atomic E-state index is 8.82. The zero-order valence-electron chi connectivity index (χ0n) is 15.6. The molecule has 27 heavy (non-hydrogen) atoms. The van der Waals surface area contributed by atoms with E-state index in [1.54, 1.807) is 0 Å². The molecule has 0 saturated heterocycles. The molecule has 2 aromatic carbocycles. The minimum Gasteiger partial charge on any atom is -0.490 e. The highest BCUT2D eigenvalue weighted by Crippen LogP contribution is 2.34. The number of aliphatic hydroxyl groups excluding tert-OH is 1. The largest absolute Gasteiger partial charge is 0.490 e. The molecular weight excluding hydrogens is 430 g/mol. The molecule has 148 valence electrons. The van der Waals surface area contributed by atoms with Crippen molar-refractivity contribution in [2.75, 3.05) is 19.8 Å². The number of benzene rings is 2. The third kappa shape index (κ3) is 7.34. The maximum Gasteiger partial charge on any atom is 0.162 e. The number of hydrogen-bond donors (Lipinski definition) is 2. The average molecular weight is 457 g/mol. The highest BCUT2D eigenvalue weighted by molar-refractivity contribution is 9.10. The van der Waals surface area contributed by atoms with E-state index < -0.39 is 0 Å². The summed E-state index contributed by atoms with van der Waals surface area (Å²) in [5, 5.41) is 12.9. The molecule has 2 aromatic rings. The lowest BCUT2D eigenvalue weighted by molar-refractivity contribution is 0.269. The molecular formula is C21H27BrClNO3. The highest BCUT2D eigenvalue weighted by atomic mass is 79.9. The van der Waals surface area contributed by atoms with Crippen molar-refractivity contribution in [1.29, 1.82) is 0 Å². The van der Waals surface area contributed by atoms with E-state index in [2.05, 4.69) is 21.2 Å². The molecule has 0 atom stereocenters. The first-order valence-electron chi connectivity index (χ1n) is 9.28. The highest BCUT2D eigenvalue weighted by Gasteiger charge is 2.12. The Labute approximate surface area is 175 Å². The fourth-order valence-corrected chi connectivity index (χ4v) is 3.28. The van der Waals surface area contributed by atoms with Gasteiger partial charge in [0.1, 0.15) is 6.61 Å². The number of unbranched alkanes of at least 4 members (excludes halogenated alkanes) is 2. The van der Waals surface area contributed by atoms with Crippen LogP contribution in [0.3, 0.4) is 0 Å². The van der Waals surface area contributed by atoms with Crippen molar-refractivity contribution in [1.82, 2.24) is 5.32 Å². The second kappa shape index (κ2) is 12.2. The summed E-state index contributed by atoms with van der Waals surface area (Å²) in [6.07, 6.45) is 2.94. The number of nitrogens with one attached hydrogen (secondary N) is 1. The minimum absolute atomic E-state index is 0.263. The molecule has 0 saturated carbocycles.